The van der Waals surface area contributed by atoms with Gasteiger partial charge < -0.3 is 4.74 Å². The normalized spacial score (nSPS) is 10.0. The molecule has 1 heterocycles. The Labute approximate surface area is 88.8 Å². The van der Waals surface area contributed by atoms with Crippen LogP contribution in [0.5, 0.6) is 11.6 Å². The van der Waals surface area contributed by atoms with Crippen molar-refractivity contribution in [1.29, 1.82) is 0 Å². The molecule has 0 aliphatic carbocycles. The molecular formula is C12H12N2O. The maximum atomic E-state index is 5.67. The van der Waals surface area contributed by atoms with E-state index in [-0.39, 0.29) is 0 Å². The molecule has 0 radical (unpaired) electrons. The van der Waals surface area contributed by atoms with Crippen LogP contribution in [0.15, 0.2) is 36.7 Å². The highest BCUT2D eigenvalue weighted by atomic mass is 16.5. The maximum Gasteiger partial charge on any atom is 0.240 e. The highest BCUT2D eigenvalue weighted by Crippen LogP contribution is 2.23. The molecule has 2 aromatic rings. The second kappa shape index (κ2) is 4.09. The van der Waals surface area contributed by atoms with Crippen LogP contribution < -0.4 is 4.74 Å². The fourth-order valence-corrected chi connectivity index (χ4v) is 1.27. The fraction of sp³-hybridized carbons (Fsp3) is 0.167. The summed E-state index contributed by atoms with van der Waals surface area (Å²) in [6, 6.07) is 7.84. The summed E-state index contributed by atoms with van der Waals surface area (Å²) in [7, 11) is 0. The number of aromatic nitrogens is 2. The second-order valence-electron chi connectivity index (χ2n) is 3.31. The lowest BCUT2D eigenvalue weighted by Crippen LogP contribution is -1.94. The Hall–Kier alpha value is -1.90. The van der Waals surface area contributed by atoms with E-state index < -0.39 is 0 Å². The summed E-state index contributed by atoms with van der Waals surface area (Å²) in [6.45, 7) is 3.88. The first kappa shape index (κ1) is 9.65. The van der Waals surface area contributed by atoms with Crippen molar-refractivity contribution in [2.75, 3.05) is 0 Å². The smallest absolute Gasteiger partial charge is 0.240 e. The molecule has 1 aromatic carbocycles. The topological polar surface area (TPSA) is 35.0 Å². The molecule has 3 nitrogen and oxygen atoms in total. The zero-order valence-corrected chi connectivity index (χ0v) is 8.77. The molecule has 2 rings (SSSR count). The van der Waals surface area contributed by atoms with Gasteiger partial charge in [-0.25, -0.2) is 4.98 Å². The minimum absolute atomic E-state index is 0.562. The van der Waals surface area contributed by atoms with Crippen LogP contribution >= 0.6 is 0 Å². The zero-order valence-electron chi connectivity index (χ0n) is 8.77. The minimum Gasteiger partial charge on any atom is -0.437 e. The number of nitrogens with zero attached hydrogens (tertiary/aromatic N) is 2. The van der Waals surface area contributed by atoms with Crippen molar-refractivity contribution >= 4 is 0 Å². The standard InChI is InChI=1S/C12H12N2O/c1-9-5-3-4-6-11(9)15-12-10(2)13-7-8-14-12/h3-8H,1-2H3. The number of ether oxygens (including phenoxy) is 1. The highest BCUT2D eigenvalue weighted by Gasteiger charge is 2.04. The van der Waals surface area contributed by atoms with Crippen LogP contribution in [0.3, 0.4) is 0 Å². The molecule has 0 aliphatic rings. The van der Waals surface area contributed by atoms with Gasteiger partial charge in [-0.1, -0.05) is 18.2 Å². The summed E-state index contributed by atoms with van der Waals surface area (Å²) in [6.07, 6.45) is 3.28. The van der Waals surface area contributed by atoms with Crippen molar-refractivity contribution in [2.24, 2.45) is 0 Å². The maximum absolute atomic E-state index is 5.67. The lowest BCUT2D eigenvalue weighted by molar-refractivity contribution is 0.452. The summed E-state index contributed by atoms with van der Waals surface area (Å²) in [5.74, 6) is 1.38. The fourth-order valence-electron chi connectivity index (χ4n) is 1.27. The van der Waals surface area contributed by atoms with Crippen molar-refractivity contribution in [3.05, 3.63) is 47.9 Å². The van der Waals surface area contributed by atoms with E-state index >= 15 is 0 Å². The molecular weight excluding hydrogens is 188 g/mol. The molecule has 0 bridgehead atoms. The van der Waals surface area contributed by atoms with Gasteiger partial charge in [0.05, 0.1) is 5.69 Å². The van der Waals surface area contributed by atoms with Crippen LogP contribution in [0.2, 0.25) is 0 Å². The Morgan fingerprint density at radius 3 is 2.47 bits per heavy atom. The van der Waals surface area contributed by atoms with Crippen molar-refractivity contribution in [3.8, 4) is 11.6 Å². The molecule has 0 fully saturated rings. The van der Waals surface area contributed by atoms with Crippen molar-refractivity contribution in [3.63, 3.8) is 0 Å². The summed E-state index contributed by atoms with van der Waals surface area (Å²) in [4.78, 5) is 8.25. The van der Waals surface area contributed by atoms with Crippen molar-refractivity contribution in [1.82, 2.24) is 9.97 Å². The molecule has 0 unspecified atom stereocenters. The van der Waals surface area contributed by atoms with Gasteiger partial charge in [-0.2, -0.15) is 0 Å². The number of para-hydroxylation sites is 1. The number of rotatable bonds is 2. The Kier molecular flexibility index (Phi) is 2.63. The number of aryl methyl sites for hydroxylation is 2. The van der Waals surface area contributed by atoms with Crippen molar-refractivity contribution in [2.45, 2.75) is 13.8 Å². The quantitative estimate of drug-likeness (QED) is 0.747. The predicted octanol–water partition coefficient (Wildman–Crippen LogP) is 2.89. The van der Waals surface area contributed by atoms with E-state index in [1.807, 2.05) is 38.1 Å². The van der Waals surface area contributed by atoms with Crippen LogP contribution in [-0.2, 0) is 0 Å². The average molecular weight is 200 g/mol. The van der Waals surface area contributed by atoms with Crippen molar-refractivity contribution < 1.29 is 4.74 Å². The van der Waals surface area contributed by atoms with E-state index in [1.54, 1.807) is 12.4 Å². The second-order valence-corrected chi connectivity index (χ2v) is 3.31. The number of hydrogen-bond acceptors (Lipinski definition) is 3. The Morgan fingerprint density at radius 2 is 1.73 bits per heavy atom. The van der Waals surface area contributed by atoms with Gasteiger partial charge in [-0.3, -0.25) is 4.98 Å². The Morgan fingerprint density at radius 1 is 1.00 bits per heavy atom. The van der Waals surface area contributed by atoms with Gasteiger partial charge in [-0.15, -0.1) is 0 Å². The van der Waals surface area contributed by atoms with Gasteiger partial charge in [0.1, 0.15) is 5.75 Å². The van der Waals surface area contributed by atoms with Crippen LogP contribution in [0.1, 0.15) is 11.3 Å². The van der Waals surface area contributed by atoms with Crippen LogP contribution in [-0.4, -0.2) is 9.97 Å². The first-order valence-corrected chi connectivity index (χ1v) is 4.78. The SMILES string of the molecule is Cc1ccccc1Oc1nccnc1C. The van der Waals surface area contributed by atoms with Gasteiger partial charge in [0.2, 0.25) is 5.88 Å². The molecule has 15 heavy (non-hydrogen) atoms. The zero-order chi connectivity index (χ0) is 10.7. The third kappa shape index (κ3) is 2.13. The summed E-state index contributed by atoms with van der Waals surface area (Å²) >= 11 is 0. The van der Waals surface area contributed by atoms with Gasteiger partial charge in [0, 0.05) is 12.4 Å². The molecule has 0 N–H and O–H groups in total. The average Bonchev–Trinajstić information content (AvgIpc) is 2.24. The predicted molar refractivity (Wildman–Crippen MR) is 58.0 cm³/mol. The van der Waals surface area contributed by atoms with E-state index in [1.165, 1.54) is 0 Å². The van der Waals surface area contributed by atoms with E-state index in [0.29, 0.717) is 5.88 Å². The minimum atomic E-state index is 0.562. The molecule has 0 saturated carbocycles. The first-order chi connectivity index (χ1) is 7.27. The van der Waals surface area contributed by atoms with E-state index in [0.717, 1.165) is 17.0 Å². The first-order valence-electron chi connectivity index (χ1n) is 4.78. The van der Waals surface area contributed by atoms with Crippen LogP contribution in [0, 0.1) is 13.8 Å². The number of benzene rings is 1. The van der Waals surface area contributed by atoms with E-state index in [4.69, 9.17) is 4.74 Å². The molecule has 0 amide bonds. The lowest BCUT2D eigenvalue weighted by Gasteiger charge is -2.08. The molecule has 1 aromatic heterocycles. The summed E-state index contributed by atoms with van der Waals surface area (Å²) in [5.41, 5.74) is 1.88. The van der Waals surface area contributed by atoms with Crippen LogP contribution in [0.4, 0.5) is 0 Å². The van der Waals surface area contributed by atoms with Gasteiger partial charge in [0.15, 0.2) is 0 Å². The third-order valence-electron chi connectivity index (χ3n) is 2.14. The summed E-state index contributed by atoms with van der Waals surface area (Å²) in [5, 5.41) is 0. The van der Waals surface area contributed by atoms with Gasteiger partial charge in [0.25, 0.3) is 0 Å². The van der Waals surface area contributed by atoms with Gasteiger partial charge >= 0.3 is 0 Å². The van der Waals surface area contributed by atoms with E-state index in [9.17, 15) is 0 Å². The molecule has 0 aliphatic heterocycles. The van der Waals surface area contributed by atoms with Gasteiger partial charge in [-0.05, 0) is 25.5 Å². The molecule has 0 saturated heterocycles. The molecule has 0 spiro atoms. The van der Waals surface area contributed by atoms with Crippen LogP contribution in [0.25, 0.3) is 0 Å². The number of hydrogen-bond donors (Lipinski definition) is 0. The largest absolute Gasteiger partial charge is 0.437 e. The Balaban J connectivity index is 2.30. The highest BCUT2D eigenvalue weighted by molar-refractivity contribution is 5.35. The molecule has 0 atom stereocenters. The van der Waals surface area contributed by atoms with E-state index in [2.05, 4.69) is 9.97 Å². The third-order valence-corrected chi connectivity index (χ3v) is 2.14. The lowest BCUT2D eigenvalue weighted by atomic mass is 10.2. The molecule has 76 valence electrons. The Bertz CT molecular complexity index is 425. The molecule has 3 heteroatoms. The summed E-state index contributed by atoms with van der Waals surface area (Å²) < 4.78 is 5.67. The monoisotopic (exact) mass is 200 g/mol.